The molecule has 1 aliphatic rings. The van der Waals surface area contributed by atoms with Crippen molar-refractivity contribution in [3.8, 4) is 0 Å². The Hall–Kier alpha value is -1.59. The minimum absolute atomic E-state index is 0. The number of anilines is 1. The zero-order valence-electron chi connectivity index (χ0n) is 15.3. The van der Waals surface area contributed by atoms with Crippen LogP contribution >= 0.6 is 12.4 Å². The number of carbonyl (C=O) groups excluding carboxylic acids is 2. The zero-order valence-corrected chi connectivity index (χ0v) is 16.1. The number of amides is 2. The van der Waals surface area contributed by atoms with Gasteiger partial charge in [-0.3, -0.25) is 9.59 Å². The van der Waals surface area contributed by atoms with Crippen LogP contribution in [-0.2, 0) is 4.79 Å². The van der Waals surface area contributed by atoms with E-state index in [0.29, 0.717) is 29.5 Å². The Balaban J connectivity index is 0.00000312. The van der Waals surface area contributed by atoms with Crippen molar-refractivity contribution < 1.29 is 9.59 Å². The highest BCUT2D eigenvalue weighted by Gasteiger charge is 2.27. The Labute approximate surface area is 156 Å². The summed E-state index contributed by atoms with van der Waals surface area (Å²) in [6.07, 6.45) is 2.62. The first kappa shape index (κ1) is 21.5. The largest absolute Gasteiger partial charge is 0.338 e. The first-order valence-corrected chi connectivity index (χ1v) is 8.87. The van der Waals surface area contributed by atoms with Crippen molar-refractivity contribution in [2.24, 2.45) is 17.6 Å². The van der Waals surface area contributed by atoms with E-state index in [2.05, 4.69) is 19.2 Å². The molecule has 0 aromatic heterocycles. The molecule has 0 radical (unpaired) electrons. The fourth-order valence-electron chi connectivity index (χ4n) is 3.45. The van der Waals surface area contributed by atoms with Gasteiger partial charge in [0.15, 0.2) is 0 Å². The number of nitrogens with one attached hydrogen (secondary N) is 1. The van der Waals surface area contributed by atoms with Crippen molar-refractivity contribution in [3.63, 3.8) is 0 Å². The third-order valence-electron chi connectivity index (χ3n) is 4.51. The predicted molar refractivity (Wildman–Crippen MR) is 104 cm³/mol. The van der Waals surface area contributed by atoms with Gasteiger partial charge in [-0.15, -0.1) is 12.4 Å². The van der Waals surface area contributed by atoms with Gasteiger partial charge < -0.3 is 16.0 Å². The second-order valence-electron chi connectivity index (χ2n) is 7.09. The highest BCUT2D eigenvalue weighted by molar-refractivity contribution is 6.04. The Morgan fingerprint density at radius 2 is 1.84 bits per heavy atom. The van der Waals surface area contributed by atoms with E-state index in [0.717, 1.165) is 25.9 Å². The molecular weight excluding hydrogens is 338 g/mol. The molecule has 2 rings (SSSR count). The maximum atomic E-state index is 12.9. The number of likely N-dealkylation sites (tertiary alicyclic amines) is 1. The first-order valence-electron chi connectivity index (χ1n) is 8.87. The smallest absolute Gasteiger partial charge is 0.255 e. The highest BCUT2D eigenvalue weighted by atomic mass is 35.5. The van der Waals surface area contributed by atoms with E-state index in [1.165, 1.54) is 0 Å². The fourth-order valence-corrected chi connectivity index (χ4v) is 3.45. The van der Waals surface area contributed by atoms with Crippen LogP contribution in [0.15, 0.2) is 24.3 Å². The molecule has 1 fully saturated rings. The topological polar surface area (TPSA) is 75.4 Å². The monoisotopic (exact) mass is 367 g/mol. The molecule has 140 valence electrons. The molecule has 0 saturated carbocycles. The number of nitrogens with two attached hydrogens (primary N) is 1. The van der Waals surface area contributed by atoms with Crippen molar-refractivity contribution >= 4 is 29.9 Å². The number of piperidine rings is 1. The van der Waals surface area contributed by atoms with E-state index in [1.54, 1.807) is 12.1 Å². The van der Waals surface area contributed by atoms with E-state index >= 15 is 0 Å². The van der Waals surface area contributed by atoms with E-state index in [-0.39, 0.29) is 24.2 Å². The SMILES string of the molecule is CCCC(N)C(=O)Nc1ccccc1C(=O)N1CC(C)CC(C)C1.Cl. The molecule has 6 heteroatoms. The first-order chi connectivity index (χ1) is 11.4. The van der Waals surface area contributed by atoms with Crippen LogP contribution in [0.4, 0.5) is 5.69 Å². The van der Waals surface area contributed by atoms with Gasteiger partial charge in [-0.1, -0.05) is 39.3 Å². The number of hydrogen-bond donors (Lipinski definition) is 2. The summed E-state index contributed by atoms with van der Waals surface area (Å²) < 4.78 is 0. The Kier molecular flexibility index (Phi) is 8.39. The van der Waals surface area contributed by atoms with Gasteiger partial charge in [0.2, 0.25) is 5.91 Å². The summed E-state index contributed by atoms with van der Waals surface area (Å²) in [7, 11) is 0. The van der Waals surface area contributed by atoms with Crippen molar-refractivity contribution in [2.75, 3.05) is 18.4 Å². The highest BCUT2D eigenvalue weighted by Crippen LogP contribution is 2.25. The molecule has 0 bridgehead atoms. The molecule has 1 saturated heterocycles. The molecule has 3 unspecified atom stereocenters. The minimum atomic E-state index is -0.548. The molecule has 1 aromatic carbocycles. The van der Waals surface area contributed by atoms with Crippen LogP contribution in [0, 0.1) is 11.8 Å². The van der Waals surface area contributed by atoms with Gasteiger partial charge in [-0.2, -0.15) is 0 Å². The van der Waals surface area contributed by atoms with Gasteiger partial charge in [-0.25, -0.2) is 0 Å². The summed E-state index contributed by atoms with van der Waals surface area (Å²) in [6.45, 7) is 7.87. The van der Waals surface area contributed by atoms with Gasteiger partial charge in [0.25, 0.3) is 5.91 Å². The van der Waals surface area contributed by atoms with Crippen LogP contribution < -0.4 is 11.1 Å². The van der Waals surface area contributed by atoms with Crippen molar-refractivity contribution in [2.45, 2.75) is 46.1 Å². The summed E-state index contributed by atoms with van der Waals surface area (Å²) in [5, 5.41) is 2.83. The summed E-state index contributed by atoms with van der Waals surface area (Å²) in [5.74, 6) is 0.737. The Morgan fingerprint density at radius 3 is 2.44 bits per heavy atom. The van der Waals surface area contributed by atoms with Gasteiger partial charge in [0, 0.05) is 13.1 Å². The Bertz CT molecular complexity index is 584. The molecule has 1 aliphatic heterocycles. The minimum Gasteiger partial charge on any atom is -0.338 e. The van der Waals surface area contributed by atoms with Gasteiger partial charge in [0.1, 0.15) is 0 Å². The molecule has 5 nitrogen and oxygen atoms in total. The molecule has 0 aliphatic carbocycles. The third-order valence-corrected chi connectivity index (χ3v) is 4.51. The molecule has 2 amide bonds. The van der Waals surface area contributed by atoms with Gasteiger partial charge in [0.05, 0.1) is 17.3 Å². The summed E-state index contributed by atoms with van der Waals surface area (Å²) >= 11 is 0. The van der Waals surface area contributed by atoms with Crippen LogP contribution in [0.1, 0.15) is 50.4 Å². The summed E-state index contributed by atoms with van der Waals surface area (Å²) in [5.41, 5.74) is 6.96. The van der Waals surface area contributed by atoms with E-state index < -0.39 is 6.04 Å². The van der Waals surface area contributed by atoms with Gasteiger partial charge in [-0.05, 0) is 36.8 Å². The maximum Gasteiger partial charge on any atom is 0.255 e. The predicted octanol–water partition coefficient (Wildman–Crippen LogP) is 3.29. The lowest BCUT2D eigenvalue weighted by Gasteiger charge is -2.35. The van der Waals surface area contributed by atoms with Crippen molar-refractivity contribution in [3.05, 3.63) is 29.8 Å². The normalized spacial score (nSPS) is 21.2. The van der Waals surface area contributed by atoms with Crippen LogP contribution in [0.2, 0.25) is 0 Å². The van der Waals surface area contributed by atoms with Crippen LogP contribution in [0.3, 0.4) is 0 Å². The number of nitrogens with zero attached hydrogens (tertiary/aromatic N) is 1. The number of carbonyl (C=O) groups is 2. The second-order valence-corrected chi connectivity index (χ2v) is 7.09. The summed E-state index contributed by atoms with van der Waals surface area (Å²) in [4.78, 5) is 27.0. The number of benzene rings is 1. The zero-order chi connectivity index (χ0) is 17.7. The standard InChI is InChI=1S/C19H29N3O2.ClH/c1-4-7-16(20)18(23)21-17-9-6-5-8-15(17)19(24)22-11-13(2)10-14(3)12-22;/h5-6,8-9,13-14,16H,4,7,10-12,20H2,1-3H3,(H,21,23);1H. The lowest BCUT2D eigenvalue weighted by atomic mass is 9.91. The average Bonchev–Trinajstić information content (AvgIpc) is 2.54. The Morgan fingerprint density at radius 1 is 1.24 bits per heavy atom. The van der Waals surface area contributed by atoms with Crippen LogP contribution in [0.5, 0.6) is 0 Å². The maximum absolute atomic E-state index is 12.9. The molecule has 1 heterocycles. The lowest BCUT2D eigenvalue weighted by molar-refractivity contribution is -0.117. The molecule has 3 atom stereocenters. The lowest BCUT2D eigenvalue weighted by Crippen LogP contribution is -2.43. The number of rotatable bonds is 5. The molecule has 1 aromatic rings. The average molecular weight is 368 g/mol. The molecular formula is C19H30ClN3O2. The second kappa shape index (κ2) is 9.78. The molecule has 0 spiro atoms. The van der Waals surface area contributed by atoms with E-state index in [1.807, 2.05) is 24.0 Å². The molecule has 25 heavy (non-hydrogen) atoms. The van der Waals surface area contributed by atoms with E-state index in [9.17, 15) is 9.59 Å². The quantitative estimate of drug-likeness (QED) is 0.838. The molecule has 3 N–H and O–H groups in total. The number of hydrogen-bond acceptors (Lipinski definition) is 3. The van der Waals surface area contributed by atoms with Crippen molar-refractivity contribution in [1.82, 2.24) is 4.90 Å². The summed E-state index contributed by atoms with van der Waals surface area (Å²) in [6, 6.07) is 6.63. The van der Waals surface area contributed by atoms with Crippen molar-refractivity contribution in [1.29, 1.82) is 0 Å². The van der Waals surface area contributed by atoms with Gasteiger partial charge >= 0.3 is 0 Å². The number of halogens is 1. The fraction of sp³-hybridized carbons (Fsp3) is 0.579. The van der Waals surface area contributed by atoms with Crippen LogP contribution in [-0.4, -0.2) is 35.8 Å². The number of para-hydroxylation sites is 1. The van der Waals surface area contributed by atoms with E-state index in [4.69, 9.17) is 5.73 Å². The third kappa shape index (κ3) is 5.72. The van der Waals surface area contributed by atoms with Crippen LogP contribution in [0.25, 0.3) is 0 Å².